The number of anilines is 1. The third kappa shape index (κ3) is 4.44. The molecule has 1 unspecified atom stereocenters. The van der Waals surface area contributed by atoms with E-state index >= 15 is 0 Å². The highest BCUT2D eigenvalue weighted by Gasteiger charge is 2.21. The van der Waals surface area contributed by atoms with Gasteiger partial charge in [-0.2, -0.15) is 0 Å². The van der Waals surface area contributed by atoms with E-state index < -0.39 is 0 Å². The molecule has 1 aliphatic rings. The van der Waals surface area contributed by atoms with Gasteiger partial charge < -0.3 is 10.1 Å². The lowest BCUT2D eigenvalue weighted by atomic mass is 10.3. The van der Waals surface area contributed by atoms with Gasteiger partial charge in [0.15, 0.2) is 0 Å². The summed E-state index contributed by atoms with van der Waals surface area (Å²) in [4.78, 5) is 4.44. The number of benzene rings is 1. The summed E-state index contributed by atoms with van der Waals surface area (Å²) in [6.07, 6.45) is 3.48. The summed E-state index contributed by atoms with van der Waals surface area (Å²) in [5.41, 5.74) is 3.51. The van der Waals surface area contributed by atoms with Crippen molar-refractivity contribution in [2.45, 2.75) is 45.3 Å². The van der Waals surface area contributed by atoms with Crippen molar-refractivity contribution in [3.63, 3.8) is 0 Å². The van der Waals surface area contributed by atoms with Crippen LogP contribution in [0.3, 0.4) is 0 Å². The molecule has 0 aliphatic heterocycles. The molecule has 0 bridgehead atoms. The first-order valence-electron chi connectivity index (χ1n) is 6.79. The minimum Gasteiger partial charge on any atom is -0.491 e. The molecule has 0 heterocycles. The molecule has 4 N–H and O–H groups in total. The second-order valence-corrected chi connectivity index (χ2v) is 4.84. The minimum absolute atomic E-state index is 0.211. The number of aliphatic imine (C=N–C) groups is 1. The fourth-order valence-corrected chi connectivity index (χ4v) is 1.59. The summed E-state index contributed by atoms with van der Waals surface area (Å²) in [6, 6.07) is 8.23. The first kappa shape index (κ1) is 13.7. The summed E-state index contributed by atoms with van der Waals surface area (Å²) in [7, 11) is 0. The minimum atomic E-state index is 0.211. The number of rotatable bonds is 5. The standard InChI is InChI=1S/C14H22N4O/c1-3-10(2)19-13-6-4-5-12(9-13)17-14(18-15)16-11-7-8-11/h4-6,9-11H,3,7-8,15H2,1-2H3,(H2,16,17,18). The monoisotopic (exact) mass is 262 g/mol. The number of nitrogens with one attached hydrogen (secondary N) is 2. The Morgan fingerprint density at radius 3 is 2.95 bits per heavy atom. The van der Waals surface area contributed by atoms with E-state index in [2.05, 4.69) is 29.6 Å². The highest BCUT2D eigenvalue weighted by atomic mass is 16.5. The van der Waals surface area contributed by atoms with Crippen molar-refractivity contribution in [2.75, 3.05) is 5.32 Å². The van der Waals surface area contributed by atoms with E-state index in [1.54, 1.807) is 0 Å². The van der Waals surface area contributed by atoms with Crippen LogP contribution in [0.4, 0.5) is 5.69 Å². The number of nitrogens with two attached hydrogens (primary N) is 1. The van der Waals surface area contributed by atoms with Crippen molar-refractivity contribution in [3.8, 4) is 5.75 Å². The molecule has 104 valence electrons. The number of guanidine groups is 1. The molecule has 1 fully saturated rings. The summed E-state index contributed by atoms with van der Waals surface area (Å²) in [5.74, 6) is 6.91. The van der Waals surface area contributed by atoms with Crippen LogP contribution in [0.2, 0.25) is 0 Å². The number of hydrazine groups is 1. The number of hydrogen-bond acceptors (Lipinski definition) is 3. The van der Waals surface area contributed by atoms with Gasteiger partial charge in [0.05, 0.1) is 12.1 Å². The molecule has 19 heavy (non-hydrogen) atoms. The lowest BCUT2D eigenvalue weighted by Crippen LogP contribution is -2.36. The molecule has 5 nitrogen and oxygen atoms in total. The summed E-state index contributed by atoms with van der Waals surface area (Å²) in [6.45, 7) is 4.16. The fraction of sp³-hybridized carbons (Fsp3) is 0.500. The highest BCUT2D eigenvalue weighted by Crippen LogP contribution is 2.24. The van der Waals surface area contributed by atoms with Crippen LogP contribution in [0.1, 0.15) is 33.1 Å². The van der Waals surface area contributed by atoms with Gasteiger partial charge in [0.1, 0.15) is 5.75 Å². The van der Waals surface area contributed by atoms with Crippen LogP contribution in [0.25, 0.3) is 0 Å². The molecule has 0 amide bonds. The smallest absolute Gasteiger partial charge is 0.210 e. The molecule has 0 aromatic heterocycles. The third-order valence-corrected chi connectivity index (χ3v) is 3.00. The SMILES string of the molecule is CCC(C)Oc1cccc(NC(=NC2CC2)NN)c1. The van der Waals surface area contributed by atoms with Crippen molar-refractivity contribution in [2.24, 2.45) is 10.8 Å². The lowest BCUT2D eigenvalue weighted by molar-refractivity contribution is 0.217. The largest absolute Gasteiger partial charge is 0.491 e. The molecule has 2 rings (SSSR count). The summed E-state index contributed by atoms with van der Waals surface area (Å²) < 4.78 is 5.78. The van der Waals surface area contributed by atoms with Crippen molar-refractivity contribution < 1.29 is 4.74 Å². The zero-order valence-electron chi connectivity index (χ0n) is 11.5. The van der Waals surface area contributed by atoms with Crippen LogP contribution >= 0.6 is 0 Å². The van der Waals surface area contributed by atoms with E-state index in [0.717, 1.165) is 30.7 Å². The number of hydrogen-bond donors (Lipinski definition) is 3. The van der Waals surface area contributed by atoms with Crippen LogP contribution in [0, 0.1) is 0 Å². The zero-order valence-corrected chi connectivity index (χ0v) is 11.5. The van der Waals surface area contributed by atoms with Gasteiger partial charge in [-0.15, -0.1) is 0 Å². The molecule has 1 aromatic carbocycles. The van der Waals surface area contributed by atoms with Gasteiger partial charge in [-0.3, -0.25) is 5.43 Å². The maximum absolute atomic E-state index is 5.78. The predicted molar refractivity (Wildman–Crippen MR) is 78.2 cm³/mol. The lowest BCUT2D eigenvalue weighted by Gasteiger charge is -2.14. The van der Waals surface area contributed by atoms with Crippen LogP contribution in [0.5, 0.6) is 5.75 Å². The van der Waals surface area contributed by atoms with Crippen LogP contribution in [-0.4, -0.2) is 18.1 Å². The van der Waals surface area contributed by atoms with Gasteiger partial charge in [0.2, 0.25) is 5.96 Å². The Kier molecular flexibility index (Phi) is 4.63. The van der Waals surface area contributed by atoms with Gasteiger partial charge in [-0.05, 0) is 38.3 Å². The second-order valence-electron chi connectivity index (χ2n) is 4.84. The van der Waals surface area contributed by atoms with E-state index in [1.165, 1.54) is 0 Å². The first-order chi connectivity index (χ1) is 9.21. The molecule has 0 saturated heterocycles. The van der Waals surface area contributed by atoms with Gasteiger partial charge in [-0.25, -0.2) is 10.8 Å². The van der Waals surface area contributed by atoms with E-state index in [0.29, 0.717) is 12.0 Å². The van der Waals surface area contributed by atoms with E-state index in [4.69, 9.17) is 10.6 Å². The Balaban J connectivity index is 2.01. The van der Waals surface area contributed by atoms with Gasteiger partial charge in [-0.1, -0.05) is 13.0 Å². The average molecular weight is 262 g/mol. The molecule has 1 atom stereocenters. The molecule has 1 aromatic rings. The van der Waals surface area contributed by atoms with Crippen LogP contribution in [0.15, 0.2) is 29.3 Å². The molecule has 5 heteroatoms. The molecular weight excluding hydrogens is 240 g/mol. The van der Waals surface area contributed by atoms with Crippen molar-refractivity contribution in [3.05, 3.63) is 24.3 Å². The Hall–Kier alpha value is -1.75. The Morgan fingerprint density at radius 2 is 2.32 bits per heavy atom. The Labute approximate surface area is 114 Å². The van der Waals surface area contributed by atoms with Crippen molar-refractivity contribution >= 4 is 11.6 Å². The van der Waals surface area contributed by atoms with Gasteiger partial charge in [0.25, 0.3) is 0 Å². The Bertz CT molecular complexity index is 443. The maximum Gasteiger partial charge on any atom is 0.210 e. The average Bonchev–Trinajstić information content (AvgIpc) is 3.22. The van der Waals surface area contributed by atoms with E-state index in [-0.39, 0.29) is 6.10 Å². The fourth-order valence-electron chi connectivity index (χ4n) is 1.59. The second kappa shape index (κ2) is 6.43. The first-order valence-corrected chi connectivity index (χ1v) is 6.79. The molecular formula is C14H22N4O. The van der Waals surface area contributed by atoms with E-state index in [9.17, 15) is 0 Å². The molecule has 0 spiro atoms. The van der Waals surface area contributed by atoms with E-state index in [1.807, 2.05) is 24.3 Å². The molecule has 1 saturated carbocycles. The normalized spacial score (nSPS) is 16.9. The van der Waals surface area contributed by atoms with Gasteiger partial charge in [0, 0.05) is 11.8 Å². The predicted octanol–water partition coefficient (Wildman–Crippen LogP) is 2.26. The van der Waals surface area contributed by atoms with Crippen molar-refractivity contribution in [1.82, 2.24) is 5.43 Å². The maximum atomic E-state index is 5.78. The quantitative estimate of drug-likeness (QED) is 0.329. The number of ether oxygens (including phenoxy) is 1. The van der Waals surface area contributed by atoms with Crippen LogP contribution in [-0.2, 0) is 0 Å². The summed E-state index contributed by atoms with van der Waals surface area (Å²) >= 11 is 0. The topological polar surface area (TPSA) is 71.7 Å². The third-order valence-electron chi connectivity index (χ3n) is 3.00. The highest BCUT2D eigenvalue weighted by molar-refractivity contribution is 5.93. The zero-order chi connectivity index (χ0) is 13.7. The Morgan fingerprint density at radius 1 is 1.53 bits per heavy atom. The summed E-state index contributed by atoms with van der Waals surface area (Å²) in [5, 5.41) is 3.17. The van der Waals surface area contributed by atoms with Crippen molar-refractivity contribution in [1.29, 1.82) is 0 Å². The van der Waals surface area contributed by atoms with Crippen LogP contribution < -0.4 is 21.3 Å². The molecule has 0 radical (unpaired) electrons. The molecule has 1 aliphatic carbocycles. The van der Waals surface area contributed by atoms with Gasteiger partial charge >= 0.3 is 0 Å². The number of nitrogens with zero attached hydrogens (tertiary/aromatic N) is 1.